The quantitative estimate of drug-likeness (QED) is 0.513. The zero-order valence-corrected chi connectivity index (χ0v) is 13.0. The Bertz CT molecular complexity index is 915. The van der Waals surface area contributed by atoms with Crippen molar-refractivity contribution in [3.05, 3.63) is 47.0 Å². The van der Waals surface area contributed by atoms with E-state index in [-0.39, 0.29) is 23.1 Å². The Kier molecular flexibility index (Phi) is 4.46. The van der Waals surface area contributed by atoms with Crippen LogP contribution in [0.25, 0.3) is 5.82 Å². The van der Waals surface area contributed by atoms with E-state index in [0.717, 1.165) is 0 Å². The Morgan fingerprint density at radius 3 is 2.80 bits per heavy atom. The van der Waals surface area contributed by atoms with E-state index in [2.05, 4.69) is 35.8 Å². The Hall–Kier alpha value is -3.63. The number of nitrogens with zero attached hydrogens (tertiary/aromatic N) is 6. The molecule has 3 rings (SSSR count). The van der Waals surface area contributed by atoms with Gasteiger partial charge < -0.3 is 5.73 Å². The van der Waals surface area contributed by atoms with Gasteiger partial charge in [0.2, 0.25) is 11.6 Å². The highest BCUT2D eigenvalue weighted by Gasteiger charge is 2.22. The molecule has 3 aromatic rings. The average Bonchev–Trinajstić information content (AvgIpc) is 3.21. The lowest BCUT2D eigenvalue weighted by molar-refractivity contribution is 0.0949. The summed E-state index contributed by atoms with van der Waals surface area (Å²) in [6, 6.07) is 5.64. The van der Waals surface area contributed by atoms with E-state index in [1.165, 1.54) is 35.2 Å². The molecule has 1 amide bonds. The number of aromatic nitrogens is 5. The van der Waals surface area contributed by atoms with E-state index in [1.54, 1.807) is 0 Å². The molecule has 0 bridgehead atoms. The van der Waals surface area contributed by atoms with Crippen LogP contribution in [0.5, 0.6) is 0 Å². The third kappa shape index (κ3) is 3.34. The minimum absolute atomic E-state index is 0.0286. The van der Waals surface area contributed by atoms with Gasteiger partial charge in [-0.2, -0.15) is 9.78 Å². The molecule has 0 aliphatic rings. The van der Waals surface area contributed by atoms with Crippen molar-refractivity contribution < 1.29 is 13.8 Å². The van der Waals surface area contributed by atoms with E-state index in [4.69, 9.17) is 5.73 Å². The molecular weight excluding hydrogens is 331 g/mol. The molecule has 25 heavy (non-hydrogen) atoms. The van der Waals surface area contributed by atoms with Crippen LogP contribution in [0.2, 0.25) is 0 Å². The number of halogens is 1. The number of hydrazone groups is 1. The van der Waals surface area contributed by atoms with Crippen molar-refractivity contribution in [3.8, 4) is 5.82 Å². The normalized spacial score (nSPS) is 11.1. The molecule has 0 radical (unpaired) electrons. The van der Waals surface area contributed by atoms with Gasteiger partial charge in [0.05, 0.1) is 11.9 Å². The van der Waals surface area contributed by atoms with Crippen molar-refractivity contribution in [1.29, 1.82) is 0 Å². The molecule has 0 unspecified atom stereocenters. The van der Waals surface area contributed by atoms with Crippen molar-refractivity contribution >= 4 is 17.9 Å². The molecule has 128 valence electrons. The fourth-order valence-corrected chi connectivity index (χ4v) is 2.07. The van der Waals surface area contributed by atoms with Gasteiger partial charge in [-0.25, -0.2) is 14.4 Å². The first-order valence-corrected chi connectivity index (χ1v) is 7.22. The molecule has 2 aromatic heterocycles. The highest BCUT2D eigenvalue weighted by molar-refractivity contribution is 5.94. The molecule has 1 aromatic carbocycles. The first-order valence-electron chi connectivity index (χ1n) is 7.22. The monoisotopic (exact) mass is 344 g/mol. The number of hydrogen-bond acceptors (Lipinski definition) is 8. The molecule has 2 heterocycles. The van der Waals surface area contributed by atoms with E-state index in [1.807, 2.05) is 6.92 Å². The summed E-state index contributed by atoms with van der Waals surface area (Å²) in [6.45, 7) is 1.82. The van der Waals surface area contributed by atoms with E-state index in [9.17, 15) is 9.18 Å². The first-order chi connectivity index (χ1) is 12.1. The van der Waals surface area contributed by atoms with Gasteiger partial charge in [0.1, 0.15) is 5.82 Å². The van der Waals surface area contributed by atoms with Crippen molar-refractivity contribution in [3.63, 3.8) is 0 Å². The van der Waals surface area contributed by atoms with Gasteiger partial charge in [-0.3, -0.25) is 4.79 Å². The zero-order valence-electron chi connectivity index (χ0n) is 13.0. The van der Waals surface area contributed by atoms with E-state index >= 15 is 0 Å². The number of benzene rings is 1. The summed E-state index contributed by atoms with van der Waals surface area (Å²) in [7, 11) is 0. The van der Waals surface area contributed by atoms with Crippen LogP contribution in [0.1, 0.15) is 28.7 Å². The molecule has 0 aliphatic heterocycles. The molecule has 10 nitrogen and oxygen atoms in total. The standard InChI is InChI=1S/C14H13FN8O2/c1-2-10-11(18-22-23(10)13-12(16)20-25-21-13)14(24)19-17-7-8-3-5-9(15)6-4-8/h3-7H,2H2,1H3,(H2,16,20)(H,19,24). The van der Waals surface area contributed by atoms with Gasteiger partial charge in [-0.1, -0.05) is 24.3 Å². The van der Waals surface area contributed by atoms with Crippen molar-refractivity contribution in [2.45, 2.75) is 13.3 Å². The second-order valence-electron chi connectivity index (χ2n) is 4.87. The van der Waals surface area contributed by atoms with Gasteiger partial charge in [-0.15, -0.1) is 5.10 Å². The van der Waals surface area contributed by atoms with Crippen LogP contribution in [0, 0.1) is 5.82 Å². The lowest BCUT2D eigenvalue weighted by Crippen LogP contribution is -2.20. The van der Waals surface area contributed by atoms with Gasteiger partial charge >= 0.3 is 0 Å². The summed E-state index contributed by atoms with van der Waals surface area (Å²) in [5.41, 5.74) is 9.14. The van der Waals surface area contributed by atoms with Crippen molar-refractivity contribution in [2.75, 3.05) is 5.73 Å². The van der Waals surface area contributed by atoms with E-state index in [0.29, 0.717) is 17.7 Å². The lowest BCUT2D eigenvalue weighted by Gasteiger charge is -2.02. The van der Waals surface area contributed by atoms with Crippen LogP contribution in [0.3, 0.4) is 0 Å². The zero-order chi connectivity index (χ0) is 17.8. The maximum absolute atomic E-state index is 12.8. The SMILES string of the molecule is CCc1c(C(=O)NN=Cc2ccc(F)cc2)nnn1-c1nonc1N. The summed E-state index contributed by atoms with van der Waals surface area (Å²) < 4.78 is 18.6. The Balaban J connectivity index is 1.77. The molecule has 0 aliphatic carbocycles. The number of nitrogens with one attached hydrogen (secondary N) is 1. The first kappa shape index (κ1) is 16.2. The summed E-state index contributed by atoms with van der Waals surface area (Å²) in [5.74, 6) is -0.734. The maximum atomic E-state index is 12.8. The number of rotatable bonds is 5. The predicted octanol–water partition coefficient (Wildman–Crippen LogP) is 0.698. The number of hydrogen-bond donors (Lipinski definition) is 2. The van der Waals surface area contributed by atoms with Crippen LogP contribution in [0.4, 0.5) is 10.2 Å². The Morgan fingerprint density at radius 1 is 1.40 bits per heavy atom. The van der Waals surface area contributed by atoms with Crippen LogP contribution < -0.4 is 11.2 Å². The fraction of sp³-hybridized carbons (Fsp3) is 0.143. The average molecular weight is 344 g/mol. The highest BCUT2D eigenvalue weighted by atomic mass is 19.1. The summed E-state index contributed by atoms with van der Waals surface area (Å²) >= 11 is 0. The number of nitrogens with two attached hydrogens (primary N) is 1. The second kappa shape index (κ2) is 6.86. The minimum atomic E-state index is -0.559. The second-order valence-corrected chi connectivity index (χ2v) is 4.87. The van der Waals surface area contributed by atoms with Crippen LogP contribution in [-0.2, 0) is 6.42 Å². The van der Waals surface area contributed by atoms with Gasteiger partial charge in [0.25, 0.3) is 5.91 Å². The van der Waals surface area contributed by atoms with Crippen molar-refractivity contribution in [1.82, 2.24) is 30.7 Å². The topological polar surface area (TPSA) is 137 Å². The molecule has 0 atom stereocenters. The number of carbonyl (C=O) groups excluding carboxylic acids is 1. The third-order valence-corrected chi connectivity index (χ3v) is 3.26. The summed E-state index contributed by atoms with van der Waals surface area (Å²) in [5, 5.41) is 18.6. The number of carbonyl (C=O) groups is 1. The molecule has 0 fully saturated rings. The van der Waals surface area contributed by atoms with E-state index < -0.39 is 5.91 Å². The minimum Gasteiger partial charge on any atom is -0.378 e. The van der Waals surface area contributed by atoms with Gasteiger partial charge in [0.15, 0.2) is 5.69 Å². The van der Waals surface area contributed by atoms with Gasteiger partial charge in [-0.05, 0) is 34.4 Å². The van der Waals surface area contributed by atoms with Gasteiger partial charge in [0, 0.05) is 0 Å². The molecule has 0 spiro atoms. The third-order valence-electron chi connectivity index (χ3n) is 3.26. The number of amides is 1. The summed E-state index contributed by atoms with van der Waals surface area (Å²) in [6.07, 6.45) is 1.82. The fourth-order valence-electron chi connectivity index (χ4n) is 2.07. The Labute approximate surface area is 140 Å². The number of nitrogen functional groups attached to an aromatic ring is 1. The molecule has 0 saturated heterocycles. The number of anilines is 1. The Morgan fingerprint density at radius 2 is 2.16 bits per heavy atom. The summed E-state index contributed by atoms with van der Waals surface area (Å²) in [4.78, 5) is 12.2. The van der Waals surface area contributed by atoms with Crippen molar-refractivity contribution in [2.24, 2.45) is 5.10 Å². The molecule has 3 N–H and O–H groups in total. The largest absolute Gasteiger partial charge is 0.378 e. The molecule has 11 heteroatoms. The highest BCUT2D eigenvalue weighted by Crippen LogP contribution is 2.16. The predicted molar refractivity (Wildman–Crippen MR) is 84.5 cm³/mol. The van der Waals surface area contributed by atoms with Crippen LogP contribution in [-0.4, -0.2) is 37.4 Å². The van der Waals surface area contributed by atoms with Crippen LogP contribution >= 0.6 is 0 Å². The molecule has 0 saturated carbocycles. The maximum Gasteiger partial charge on any atom is 0.293 e. The molecular formula is C14H13FN8O2. The smallest absolute Gasteiger partial charge is 0.293 e. The van der Waals surface area contributed by atoms with Crippen LogP contribution in [0.15, 0.2) is 34.0 Å². The lowest BCUT2D eigenvalue weighted by atomic mass is 10.2.